The molecular weight excluding hydrogens is 1600 g/mol. The molecule has 0 saturated carbocycles. The molecule has 1 aromatic carbocycles. The molecule has 0 aliphatic carbocycles. The first-order valence-electron chi connectivity index (χ1n) is 41.7. The van der Waals surface area contributed by atoms with Crippen LogP contribution in [0.15, 0.2) is 24.3 Å². The van der Waals surface area contributed by atoms with E-state index in [1.54, 1.807) is 18.2 Å². The van der Waals surface area contributed by atoms with E-state index in [1.807, 2.05) is 54.7 Å². The predicted octanol–water partition coefficient (Wildman–Crippen LogP) is 17.5. The largest absolute Gasteiger partial charge is 0.481 e. The molecule has 754 valence electrons. The zero-order valence-electron chi connectivity index (χ0n) is 77.8. The van der Waals surface area contributed by atoms with Gasteiger partial charge in [-0.05, 0) is 211 Å². The van der Waals surface area contributed by atoms with Crippen LogP contribution in [0, 0.1) is 43.3 Å². The van der Waals surface area contributed by atoms with Crippen molar-refractivity contribution >= 4 is 65.3 Å². The number of unbranched alkanes of at least 4 members (excludes halogenated alkanes) is 1. The lowest BCUT2D eigenvalue weighted by molar-refractivity contribution is -0.141. The van der Waals surface area contributed by atoms with Gasteiger partial charge in [-0.25, -0.2) is 4.79 Å². The van der Waals surface area contributed by atoms with Crippen LogP contribution in [-0.2, 0) is 47.9 Å². The van der Waals surface area contributed by atoms with Crippen LogP contribution in [0.25, 0.3) is 0 Å². The fraction of sp³-hybridized carbons (Fsp3) is 0.832. The summed E-state index contributed by atoms with van der Waals surface area (Å²) in [6.07, 6.45) is 14.5. The summed E-state index contributed by atoms with van der Waals surface area (Å²) in [7, 11) is 3.39. The lowest BCUT2D eigenvalue weighted by Crippen LogP contribution is -2.36. The van der Waals surface area contributed by atoms with Gasteiger partial charge in [0, 0.05) is 51.1 Å². The van der Waals surface area contributed by atoms with Crippen LogP contribution in [0.2, 0.25) is 0 Å². The van der Waals surface area contributed by atoms with E-state index in [0.717, 1.165) is 136 Å². The number of aromatic carboxylic acids is 1. The zero-order valence-corrected chi connectivity index (χ0v) is 77.8. The van der Waals surface area contributed by atoms with Gasteiger partial charge >= 0.3 is 47.8 Å². The first kappa shape index (κ1) is 153. The average molecular weight is 1800 g/mol. The number of rotatable bonds is 46. The number of benzene rings is 1. The zero-order chi connectivity index (χ0) is 92.6. The summed E-state index contributed by atoms with van der Waals surface area (Å²) in [5.74, 6) is -6.55. The Kier molecular flexibility index (Phi) is 103. The van der Waals surface area contributed by atoms with Crippen molar-refractivity contribution in [3.63, 3.8) is 0 Å². The number of carbonyl (C=O) groups excluding carboxylic acids is 3. The second-order valence-corrected chi connectivity index (χ2v) is 39.4. The number of carboxylic acid groups (broad SMARTS) is 7. The average Bonchev–Trinajstić information content (AvgIpc) is 0.869. The van der Waals surface area contributed by atoms with Crippen LogP contribution in [-0.4, -0.2) is 224 Å². The summed E-state index contributed by atoms with van der Waals surface area (Å²) in [5, 5.41) is 81.5. The van der Waals surface area contributed by atoms with Gasteiger partial charge in [-0.15, -0.1) is 0 Å². The number of para-hydroxylation sites is 1. The summed E-state index contributed by atoms with van der Waals surface area (Å²) < 4.78 is 4.54. The van der Waals surface area contributed by atoms with E-state index < -0.39 is 66.0 Å². The van der Waals surface area contributed by atoms with Crippen molar-refractivity contribution in [3.05, 3.63) is 29.8 Å². The van der Waals surface area contributed by atoms with Gasteiger partial charge in [-0.3, -0.25) is 43.2 Å². The number of carboxylic acids is 7. The topological polar surface area (TPSA) is 513 Å². The van der Waals surface area contributed by atoms with Gasteiger partial charge in [-0.2, -0.15) is 0 Å². The van der Waals surface area contributed by atoms with Crippen LogP contribution in [0.5, 0.6) is 0 Å². The number of hydrogen-bond acceptors (Lipinski definition) is 21. The van der Waals surface area contributed by atoms with Crippen LogP contribution in [0.1, 0.15) is 364 Å². The summed E-state index contributed by atoms with van der Waals surface area (Å²) in [4.78, 5) is 108. The molecule has 22 N–H and O–H groups in total. The van der Waals surface area contributed by atoms with Gasteiger partial charge in [0.1, 0.15) is 24.2 Å². The van der Waals surface area contributed by atoms with Crippen molar-refractivity contribution in [1.82, 2.24) is 36.8 Å². The Morgan fingerprint density at radius 3 is 0.944 bits per heavy atom. The van der Waals surface area contributed by atoms with Gasteiger partial charge in [-0.1, -0.05) is 244 Å². The van der Waals surface area contributed by atoms with Crippen molar-refractivity contribution < 1.29 is 88.4 Å². The SMILES string of the molecule is C.C.C.C.C.C.C.C.CC(C)(C)CC(=O)NCCC(=O)O.CC(C)(C)CC(=O)NCC[C@H](N)C(=O)O.CC(C)(C)CCNCCCC[C@H](N)C(=O)O.CC(C)(C)CCNCCC[C@@H](N)C(=O)O.CC(C)(C)CCNCCC[C@H](N)C(=O)O.CC(C)(C)CCNc1ccccc1C(=O)O.CN(CCC(=O)O)CCC(C)(C)C.COC(=O)CCCNCCC(C)(C)C. The Labute approximate surface area is 765 Å². The van der Waals surface area contributed by atoms with Crippen LogP contribution < -0.4 is 60.2 Å². The monoisotopic (exact) mass is 1800 g/mol. The molecule has 0 spiro atoms. The highest BCUT2D eigenvalue weighted by Crippen LogP contribution is 2.24. The highest BCUT2D eigenvalue weighted by atomic mass is 16.5. The van der Waals surface area contributed by atoms with E-state index in [4.69, 9.17) is 58.7 Å². The van der Waals surface area contributed by atoms with E-state index in [0.29, 0.717) is 89.9 Å². The quantitative estimate of drug-likeness (QED) is 0.0213. The molecule has 30 nitrogen and oxygen atoms in total. The number of amides is 2. The Balaban J connectivity index is -0.0000000844. The molecule has 125 heavy (non-hydrogen) atoms. The lowest BCUT2D eigenvalue weighted by Gasteiger charge is -2.22. The fourth-order valence-electron chi connectivity index (χ4n) is 8.90. The lowest BCUT2D eigenvalue weighted by atomic mass is 9.92. The number of ether oxygens (including phenoxy) is 1. The highest BCUT2D eigenvalue weighted by molar-refractivity contribution is 5.94. The number of nitrogens with zero attached hydrogens (tertiary/aromatic N) is 1. The van der Waals surface area contributed by atoms with Gasteiger partial charge in [0.25, 0.3) is 0 Å². The number of nitrogens with one attached hydrogen (secondary N) is 7. The molecule has 0 aliphatic rings. The second kappa shape index (κ2) is 84.2. The standard InChI is InChI=1S/C13H19NO2.C12H26N2O2.2C11H24N2O2.C11H23NO2.C10H20N2O3.C10H21NO2.C9H17NO3.8CH4/c1-13(2,3)8-9-14-11-7-5-4-6-10(11)12(15)16;1-12(2,3)7-9-14-8-5-4-6-10(13)11(15)16;2*1-11(2,3)6-8-13-7-4-5-9(12)10(14)15;1-11(2,3)7-9-12-8-5-6-10(13)14-4;1-10(2,3)6-8(13)12-5-4-7(11)9(14)15;1-10(2,3)6-8-11(4)7-5-9(12)13;1-9(2,3)6-7(11)10-5-4-8(12)13;;;;;;;;/h4-7,14H,8-9H2,1-3H3,(H,15,16);10,14H,4-9,13H2,1-3H3,(H,15,16);2*9,13H,4-8,12H2,1-3H3,(H,14,15);12H,5-9H2,1-4H3;7H,4-6,11H2,1-3H3,(H,12,13)(H,14,15);5-8H2,1-4H3,(H,12,13);4-6H2,1-3H3,(H,10,11)(H,12,13);8*1H4/t;10-;2*9-;;7-;;;;;;;;;;/m.010.0........../s1. The molecule has 1 rings (SSSR count). The summed E-state index contributed by atoms with van der Waals surface area (Å²) in [6.45, 7) is 61.9. The molecule has 2 amide bonds. The number of hydrogen-bond donors (Lipinski definition) is 18. The van der Waals surface area contributed by atoms with Crippen molar-refractivity contribution in [2.45, 2.75) is 378 Å². The van der Waals surface area contributed by atoms with Gasteiger partial charge in [0.05, 0.1) is 25.5 Å². The maximum absolute atomic E-state index is 11.3. The first-order valence-corrected chi connectivity index (χ1v) is 41.7. The second-order valence-electron chi connectivity index (χ2n) is 39.4. The minimum absolute atomic E-state index is 0. The van der Waals surface area contributed by atoms with Crippen LogP contribution in [0.4, 0.5) is 5.69 Å². The van der Waals surface area contributed by atoms with E-state index in [-0.39, 0.29) is 119 Å². The van der Waals surface area contributed by atoms with Crippen LogP contribution in [0.3, 0.4) is 0 Å². The van der Waals surface area contributed by atoms with E-state index in [2.05, 4.69) is 171 Å². The maximum Gasteiger partial charge on any atom is 0.337 e. The third-order valence-electron chi connectivity index (χ3n) is 16.4. The van der Waals surface area contributed by atoms with Crippen molar-refractivity contribution in [2.24, 2.45) is 66.3 Å². The van der Waals surface area contributed by atoms with E-state index in [9.17, 15) is 47.9 Å². The molecule has 0 bridgehead atoms. The third-order valence-corrected chi connectivity index (χ3v) is 16.4. The minimum Gasteiger partial charge on any atom is -0.481 e. The van der Waals surface area contributed by atoms with Crippen molar-refractivity contribution in [3.8, 4) is 0 Å². The molecule has 0 unspecified atom stereocenters. The molecule has 0 radical (unpaired) electrons. The minimum atomic E-state index is -1.04. The fourth-order valence-corrected chi connectivity index (χ4v) is 8.90. The van der Waals surface area contributed by atoms with Crippen LogP contribution >= 0.6 is 0 Å². The molecule has 4 atom stereocenters. The number of aliphatic carboxylic acids is 6. The Morgan fingerprint density at radius 2 is 0.640 bits per heavy atom. The van der Waals surface area contributed by atoms with Gasteiger partial charge in [0.2, 0.25) is 11.8 Å². The van der Waals surface area contributed by atoms with Gasteiger partial charge in [0.15, 0.2) is 0 Å². The Bertz CT molecular complexity index is 2750. The number of nitrogens with two attached hydrogens (primary N) is 4. The molecular formula is C95H206N12O18. The molecule has 1 aromatic rings. The molecule has 0 fully saturated rings. The first-order chi connectivity index (χ1) is 53.2. The predicted molar refractivity (Wildman–Crippen MR) is 528 cm³/mol. The smallest absolute Gasteiger partial charge is 0.337 e. The molecule has 0 aliphatic heterocycles. The number of carbonyl (C=O) groups is 10. The van der Waals surface area contributed by atoms with E-state index >= 15 is 0 Å². The summed E-state index contributed by atoms with van der Waals surface area (Å²) >= 11 is 0. The molecule has 0 heterocycles. The number of esters is 1. The molecule has 0 saturated heterocycles. The van der Waals surface area contributed by atoms with Gasteiger partial charge < -0.3 is 106 Å². The number of anilines is 1. The highest BCUT2D eigenvalue weighted by Gasteiger charge is 2.21. The number of methoxy groups -OCH3 is 1. The maximum atomic E-state index is 11.3. The third kappa shape index (κ3) is 136. The normalized spacial score (nSPS) is 11.8. The van der Waals surface area contributed by atoms with Crippen molar-refractivity contribution in [2.75, 3.05) is 105 Å². The summed E-state index contributed by atoms with van der Waals surface area (Å²) in [6, 6.07) is 3.95. The Morgan fingerprint density at radius 1 is 0.344 bits per heavy atom. The molecule has 0 aromatic heterocycles. The van der Waals surface area contributed by atoms with E-state index in [1.165, 1.54) is 7.11 Å². The Hall–Kier alpha value is -6.64. The summed E-state index contributed by atoms with van der Waals surface area (Å²) in [5.41, 5.74) is 24.4. The molecule has 30 heteroatoms. The van der Waals surface area contributed by atoms with Crippen molar-refractivity contribution in [1.29, 1.82) is 0 Å².